The smallest absolute Gasteiger partial charge is 0.377 e. The van der Waals surface area contributed by atoms with Gasteiger partial charge in [0.15, 0.2) is 0 Å². The third-order valence-electron chi connectivity index (χ3n) is 3.38. The average Bonchev–Trinajstić information content (AvgIpc) is 3.24. The molecule has 3 rings (SSSR count). The molecule has 1 heterocycles. The van der Waals surface area contributed by atoms with Gasteiger partial charge in [-0.2, -0.15) is 0 Å². The molecule has 6 heteroatoms. The molecule has 2 fully saturated rings. The van der Waals surface area contributed by atoms with Crippen LogP contribution in [0, 0.1) is 11.8 Å². The van der Waals surface area contributed by atoms with E-state index >= 15 is 0 Å². The Hall–Kier alpha value is -1.72. The van der Waals surface area contributed by atoms with Crippen molar-refractivity contribution in [2.24, 2.45) is 17.6 Å². The SMILES string of the molecule is NC(=O)C1OC=C(C(=O)OC(C2CC2)C2CC2)O1. The molecule has 0 aromatic rings. The van der Waals surface area contributed by atoms with E-state index in [9.17, 15) is 9.59 Å². The molecule has 2 N–H and O–H groups in total. The van der Waals surface area contributed by atoms with E-state index in [1.54, 1.807) is 0 Å². The zero-order valence-corrected chi connectivity index (χ0v) is 9.83. The molecule has 2 aliphatic carbocycles. The summed E-state index contributed by atoms with van der Waals surface area (Å²) in [7, 11) is 0. The molecule has 0 bridgehead atoms. The van der Waals surface area contributed by atoms with Crippen molar-refractivity contribution in [3.63, 3.8) is 0 Å². The van der Waals surface area contributed by atoms with Gasteiger partial charge in [0.05, 0.1) is 0 Å². The van der Waals surface area contributed by atoms with E-state index in [2.05, 4.69) is 0 Å². The lowest BCUT2D eigenvalue weighted by Crippen LogP contribution is -2.30. The molecule has 18 heavy (non-hydrogen) atoms. The summed E-state index contributed by atoms with van der Waals surface area (Å²) in [5, 5.41) is 0. The van der Waals surface area contributed by atoms with Gasteiger partial charge in [-0.05, 0) is 37.5 Å². The number of ether oxygens (including phenoxy) is 3. The van der Waals surface area contributed by atoms with Gasteiger partial charge >= 0.3 is 12.3 Å². The second kappa shape index (κ2) is 4.19. The predicted octanol–water partition coefficient (Wildman–Crippen LogP) is 0.418. The van der Waals surface area contributed by atoms with E-state index in [1.165, 1.54) is 0 Å². The van der Waals surface area contributed by atoms with E-state index in [1.807, 2.05) is 0 Å². The maximum Gasteiger partial charge on any atom is 0.377 e. The summed E-state index contributed by atoms with van der Waals surface area (Å²) in [5.41, 5.74) is 5.00. The number of rotatable bonds is 5. The minimum atomic E-state index is -1.21. The van der Waals surface area contributed by atoms with Crippen LogP contribution in [0.15, 0.2) is 12.0 Å². The Morgan fingerprint density at radius 1 is 1.28 bits per heavy atom. The van der Waals surface area contributed by atoms with Gasteiger partial charge in [0, 0.05) is 0 Å². The summed E-state index contributed by atoms with van der Waals surface area (Å²) >= 11 is 0. The fourth-order valence-electron chi connectivity index (χ4n) is 2.12. The largest absolute Gasteiger partial charge is 0.456 e. The average molecular weight is 253 g/mol. The minimum absolute atomic E-state index is 0.00497. The number of carbonyl (C=O) groups is 2. The number of amides is 1. The van der Waals surface area contributed by atoms with Gasteiger partial charge in [-0.25, -0.2) is 4.79 Å². The Kier molecular flexibility index (Phi) is 2.65. The molecule has 1 unspecified atom stereocenters. The standard InChI is InChI=1S/C12H15NO5/c13-10(14)12-16-5-8(17-12)11(15)18-9(6-1-2-6)7-3-4-7/h5-7,9,12H,1-4H2,(H2,13,14). The normalized spacial score (nSPS) is 26.3. The summed E-state index contributed by atoms with van der Waals surface area (Å²) < 4.78 is 15.2. The number of nitrogens with two attached hydrogens (primary N) is 1. The van der Waals surface area contributed by atoms with Crippen LogP contribution in [0.3, 0.4) is 0 Å². The van der Waals surface area contributed by atoms with Crippen molar-refractivity contribution in [2.75, 3.05) is 0 Å². The molecule has 6 nitrogen and oxygen atoms in total. The summed E-state index contributed by atoms with van der Waals surface area (Å²) in [6.07, 6.45) is 4.35. The van der Waals surface area contributed by atoms with Crippen LogP contribution in [-0.2, 0) is 23.8 Å². The van der Waals surface area contributed by atoms with Crippen molar-refractivity contribution in [1.29, 1.82) is 0 Å². The zero-order chi connectivity index (χ0) is 12.7. The molecule has 2 saturated carbocycles. The minimum Gasteiger partial charge on any atom is -0.456 e. The number of carbonyl (C=O) groups excluding carboxylic acids is 2. The summed E-state index contributed by atoms with van der Waals surface area (Å²) in [4.78, 5) is 22.7. The van der Waals surface area contributed by atoms with Crippen molar-refractivity contribution in [3.05, 3.63) is 12.0 Å². The highest BCUT2D eigenvalue weighted by Gasteiger charge is 2.45. The number of esters is 1. The molecule has 0 spiro atoms. The Balaban J connectivity index is 1.56. The summed E-state index contributed by atoms with van der Waals surface area (Å²) in [6.45, 7) is 0. The van der Waals surface area contributed by atoms with E-state index < -0.39 is 18.2 Å². The third-order valence-corrected chi connectivity index (χ3v) is 3.38. The fourth-order valence-corrected chi connectivity index (χ4v) is 2.12. The maximum absolute atomic E-state index is 11.8. The molecule has 0 radical (unpaired) electrons. The molecule has 0 aromatic heterocycles. The molecule has 0 saturated heterocycles. The first-order chi connectivity index (χ1) is 8.65. The summed E-state index contributed by atoms with van der Waals surface area (Å²) in [5.74, 6) is -0.421. The van der Waals surface area contributed by atoms with Crippen LogP contribution in [-0.4, -0.2) is 24.3 Å². The lowest BCUT2D eigenvalue weighted by Gasteiger charge is -2.16. The Bertz CT molecular complexity index is 399. The lowest BCUT2D eigenvalue weighted by atomic mass is 10.1. The van der Waals surface area contributed by atoms with Crippen LogP contribution < -0.4 is 5.73 Å². The van der Waals surface area contributed by atoms with E-state index in [-0.39, 0.29) is 11.9 Å². The molecular formula is C12H15NO5. The molecule has 1 atom stereocenters. The van der Waals surface area contributed by atoms with E-state index in [0.717, 1.165) is 31.9 Å². The van der Waals surface area contributed by atoms with Crippen LogP contribution in [0.2, 0.25) is 0 Å². The van der Waals surface area contributed by atoms with Gasteiger partial charge in [-0.3, -0.25) is 4.79 Å². The molecule has 1 aliphatic heterocycles. The molecule has 98 valence electrons. The fraction of sp³-hybridized carbons (Fsp3) is 0.667. The second-order valence-electron chi connectivity index (χ2n) is 5.02. The number of hydrogen-bond donors (Lipinski definition) is 1. The van der Waals surface area contributed by atoms with Crippen LogP contribution in [0.4, 0.5) is 0 Å². The van der Waals surface area contributed by atoms with Crippen molar-refractivity contribution in [3.8, 4) is 0 Å². The Morgan fingerprint density at radius 2 is 1.89 bits per heavy atom. The van der Waals surface area contributed by atoms with E-state index in [0.29, 0.717) is 11.8 Å². The molecule has 1 amide bonds. The molecule has 0 aromatic carbocycles. The molecule has 3 aliphatic rings. The van der Waals surface area contributed by atoms with Gasteiger partial charge in [0.1, 0.15) is 12.4 Å². The second-order valence-corrected chi connectivity index (χ2v) is 5.02. The van der Waals surface area contributed by atoms with Gasteiger partial charge < -0.3 is 19.9 Å². The van der Waals surface area contributed by atoms with E-state index in [4.69, 9.17) is 19.9 Å². The highest BCUT2D eigenvalue weighted by Crippen LogP contribution is 2.46. The topological polar surface area (TPSA) is 87.9 Å². The first-order valence-electron chi connectivity index (χ1n) is 6.17. The van der Waals surface area contributed by atoms with Crippen LogP contribution in [0.1, 0.15) is 25.7 Å². The van der Waals surface area contributed by atoms with Crippen molar-refractivity contribution in [1.82, 2.24) is 0 Å². The van der Waals surface area contributed by atoms with Crippen molar-refractivity contribution in [2.45, 2.75) is 38.1 Å². The van der Waals surface area contributed by atoms with Crippen LogP contribution in [0.25, 0.3) is 0 Å². The van der Waals surface area contributed by atoms with Gasteiger partial charge in [-0.15, -0.1) is 0 Å². The number of hydrogen-bond acceptors (Lipinski definition) is 5. The third kappa shape index (κ3) is 2.27. The first kappa shape index (κ1) is 11.4. The van der Waals surface area contributed by atoms with Crippen LogP contribution >= 0.6 is 0 Å². The highest BCUT2D eigenvalue weighted by molar-refractivity contribution is 5.88. The first-order valence-corrected chi connectivity index (χ1v) is 6.17. The Morgan fingerprint density at radius 3 is 2.33 bits per heavy atom. The monoisotopic (exact) mass is 253 g/mol. The summed E-state index contributed by atoms with van der Waals surface area (Å²) in [6, 6.07) is 0. The van der Waals surface area contributed by atoms with Gasteiger partial charge in [0.2, 0.25) is 5.76 Å². The van der Waals surface area contributed by atoms with Crippen molar-refractivity contribution < 1.29 is 23.8 Å². The number of primary amides is 1. The maximum atomic E-state index is 11.8. The zero-order valence-electron chi connectivity index (χ0n) is 9.83. The van der Waals surface area contributed by atoms with Gasteiger partial charge in [0.25, 0.3) is 5.91 Å². The highest BCUT2D eigenvalue weighted by atomic mass is 16.7. The lowest BCUT2D eigenvalue weighted by molar-refractivity contribution is -0.155. The Labute approximate surface area is 104 Å². The predicted molar refractivity (Wildman–Crippen MR) is 58.6 cm³/mol. The van der Waals surface area contributed by atoms with Crippen molar-refractivity contribution >= 4 is 11.9 Å². The molecular weight excluding hydrogens is 238 g/mol. The van der Waals surface area contributed by atoms with Crippen LogP contribution in [0.5, 0.6) is 0 Å². The quantitative estimate of drug-likeness (QED) is 0.717. The van der Waals surface area contributed by atoms with Gasteiger partial charge in [-0.1, -0.05) is 0 Å².